The number of rotatable bonds is 2. The third-order valence-corrected chi connectivity index (χ3v) is 3.60. The quantitative estimate of drug-likeness (QED) is 0.771. The molecule has 1 aliphatic carbocycles. The molecule has 3 rings (SSSR count). The molecule has 1 atom stereocenters. The van der Waals surface area contributed by atoms with E-state index in [1.165, 1.54) is 9.36 Å². The summed E-state index contributed by atoms with van der Waals surface area (Å²) in [6.45, 7) is 2.02. The summed E-state index contributed by atoms with van der Waals surface area (Å²) in [6.07, 6.45) is 7.21. The van der Waals surface area contributed by atoms with Gasteiger partial charge in [-0.2, -0.15) is 9.36 Å². The normalized spacial score (nSPS) is 22.6. The van der Waals surface area contributed by atoms with Crippen LogP contribution < -0.4 is 5.69 Å². The van der Waals surface area contributed by atoms with Crippen LogP contribution in [0.3, 0.4) is 0 Å². The number of tetrazole rings is 1. The lowest BCUT2D eigenvalue weighted by Gasteiger charge is -2.27. The second-order valence-electron chi connectivity index (χ2n) is 5.07. The summed E-state index contributed by atoms with van der Waals surface area (Å²) in [5.74, 6) is 0. The largest absolute Gasteiger partial charge is 0.369 e. The van der Waals surface area contributed by atoms with Gasteiger partial charge in [-0.05, 0) is 48.7 Å². The minimum Gasteiger partial charge on any atom is -0.244 e. The van der Waals surface area contributed by atoms with Crippen LogP contribution in [0.1, 0.15) is 26.2 Å². The van der Waals surface area contributed by atoms with Gasteiger partial charge in [-0.3, -0.25) is 0 Å². The number of hydrogen-bond acceptors (Lipinski definition) is 3. The van der Waals surface area contributed by atoms with Gasteiger partial charge in [-0.15, -0.1) is 0 Å². The minimum absolute atomic E-state index is 0.194. The zero-order valence-corrected chi connectivity index (χ0v) is 10.9. The fourth-order valence-electron chi connectivity index (χ4n) is 2.47. The topological polar surface area (TPSA) is 52.7 Å². The summed E-state index contributed by atoms with van der Waals surface area (Å²) in [5.41, 5.74) is 0.185. The maximum atomic E-state index is 12.4. The summed E-state index contributed by atoms with van der Waals surface area (Å²) in [5, 5.41) is 8.04. The van der Waals surface area contributed by atoms with Crippen LogP contribution in [0, 0.1) is 0 Å². The lowest BCUT2D eigenvalue weighted by molar-refractivity contribution is 0.307. The van der Waals surface area contributed by atoms with Crippen LogP contribution >= 0.6 is 0 Å². The zero-order chi connectivity index (χ0) is 13.3. The van der Waals surface area contributed by atoms with E-state index < -0.39 is 0 Å². The summed E-state index contributed by atoms with van der Waals surface area (Å²) in [7, 11) is 0. The van der Waals surface area contributed by atoms with Crippen molar-refractivity contribution >= 4 is 0 Å². The zero-order valence-electron chi connectivity index (χ0n) is 10.9. The molecule has 0 saturated carbocycles. The molecule has 1 heterocycles. The molecule has 1 aromatic carbocycles. The first-order chi connectivity index (χ1) is 9.21. The van der Waals surface area contributed by atoms with E-state index in [1.807, 2.05) is 37.3 Å². The Balaban J connectivity index is 2.07. The third kappa shape index (κ3) is 2.01. The van der Waals surface area contributed by atoms with Gasteiger partial charge in [0, 0.05) is 0 Å². The van der Waals surface area contributed by atoms with Crippen molar-refractivity contribution in [2.45, 2.75) is 31.7 Å². The Bertz CT molecular complexity index is 656. The van der Waals surface area contributed by atoms with Gasteiger partial charge in [0.2, 0.25) is 0 Å². The van der Waals surface area contributed by atoms with Crippen molar-refractivity contribution in [2.24, 2.45) is 0 Å². The molecule has 0 spiro atoms. The maximum Gasteiger partial charge on any atom is 0.369 e. The van der Waals surface area contributed by atoms with E-state index in [2.05, 4.69) is 22.6 Å². The van der Waals surface area contributed by atoms with Gasteiger partial charge in [0.05, 0.1) is 11.2 Å². The molecule has 0 fully saturated rings. The van der Waals surface area contributed by atoms with Gasteiger partial charge in [0.15, 0.2) is 0 Å². The Kier molecular flexibility index (Phi) is 2.81. The Morgan fingerprint density at radius 1 is 1.21 bits per heavy atom. The van der Waals surface area contributed by atoms with E-state index in [0.29, 0.717) is 0 Å². The fraction of sp³-hybridized carbons (Fsp3) is 0.357. The van der Waals surface area contributed by atoms with Crippen LogP contribution in [0.4, 0.5) is 0 Å². The Morgan fingerprint density at radius 3 is 2.68 bits per heavy atom. The van der Waals surface area contributed by atoms with E-state index in [-0.39, 0.29) is 11.2 Å². The summed E-state index contributed by atoms with van der Waals surface area (Å²) in [4.78, 5) is 12.4. The molecular formula is C14H16N4O. The molecule has 2 aromatic rings. The highest BCUT2D eigenvalue weighted by Crippen LogP contribution is 2.26. The number of benzene rings is 1. The maximum absolute atomic E-state index is 12.4. The molecule has 0 saturated heterocycles. The van der Waals surface area contributed by atoms with Crippen molar-refractivity contribution in [3.05, 3.63) is 53.0 Å². The lowest BCUT2D eigenvalue weighted by atomic mass is 9.90. The van der Waals surface area contributed by atoms with Crippen molar-refractivity contribution in [3.8, 4) is 5.69 Å². The molecule has 0 radical (unpaired) electrons. The highest BCUT2D eigenvalue weighted by molar-refractivity contribution is 5.29. The number of para-hydroxylation sites is 1. The molecule has 1 unspecified atom stereocenters. The fourth-order valence-corrected chi connectivity index (χ4v) is 2.47. The predicted molar refractivity (Wildman–Crippen MR) is 72.3 cm³/mol. The molecular weight excluding hydrogens is 240 g/mol. The van der Waals surface area contributed by atoms with E-state index in [9.17, 15) is 4.79 Å². The van der Waals surface area contributed by atoms with Crippen molar-refractivity contribution < 1.29 is 0 Å². The first kappa shape index (κ1) is 11.9. The van der Waals surface area contributed by atoms with Gasteiger partial charge < -0.3 is 0 Å². The van der Waals surface area contributed by atoms with E-state index >= 15 is 0 Å². The van der Waals surface area contributed by atoms with Crippen LogP contribution in [0.15, 0.2) is 47.3 Å². The van der Waals surface area contributed by atoms with Crippen LogP contribution in [-0.4, -0.2) is 19.8 Å². The minimum atomic E-state index is -0.359. The van der Waals surface area contributed by atoms with Crippen molar-refractivity contribution in [2.75, 3.05) is 0 Å². The summed E-state index contributed by atoms with van der Waals surface area (Å²) < 4.78 is 2.82. The summed E-state index contributed by atoms with van der Waals surface area (Å²) in [6, 6.07) is 9.36. The smallest absolute Gasteiger partial charge is 0.244 e. The standard InChI is InChI=1S/C14H16N4O/c1-14(10-6-3-7-11-14)18-13(19)17(15-16-18)12-8-4-2-5-9-12/h2,4-6,8-10H,3,7,11H2,1H3. The average Bonchev–Trinajstić information content (AvgIpc) is 2.83. The second-order valence-corrected chi connectivity index (χ2v) is 5.07. The molecule has 1 aliphatic rings. The Hall–Kier alpha value is -2.17. The van der Waals surface area contributed by atoms with Gasteiger partial charge >= 0.3 is 5.69 Å². The number of nitrogens with zero attached hydrogens (tertiary/aromatic N) is 4. The van der Waals surface area contributed by atoms with E-state index in [4.69, 9.17) is 0 Å². The van der Waals surface area contributed by atoms with Gasteiger partial charge in [-0.1, -0.05) is 30.4 Å². The van der Waals surface area contributed by atoms with E-state index in [1.54, 1.807) is 0 Å². The van der Waals surface area contributed by atoms with Gasteiger partial charge in [0.25, 0.3) is 0 Å². The second kappa shape index (κ2) is 4.50. The van der Waals surface area contributed by atoms with Gasteiger partial charge in [0.1, 0.15) is 0 Å². The van der Waals surface area contributed by atoms with Gasteiger partial charge in [-0.25, -0.2) is 4.79 Å². The molecule has 0 bridgehead atoms. The molecule has 19 heavy (non-hydrogen) atoms. The third-order valence-electron chi connectivity index (χ3n) is 3.60. The number of allylic oxidation sites excluding steroid dienone is 2. The first-order valence-corrected chi connectivity index (χ1v) is 6.49. The molecule has 0 aliphatic heterocycles. The SMILES string of the molecule is CC1(n2nnn(-c3ccccc3)c2=O)C=CCCC1. The number of aromatic nitrogens is 4. The molecule has 5 nitrogen and oxygen atoms in total. The molecule has 5 heteroatoms. The molecule has 0 N–H and O–H groups in total. The van der Waals surface area contributed by atoms with Crippen molar-refractivity contribution in [1.82, 2.24) is 19.8 Å². The Morgan fingerprint density at radius 2 is 2.00 bits per heavy atom. The van der Waals surface area contributed by atoms with Crippen LogP contribution in [0.25, 0.3) is 5.69 Å². The Labute approximate surface area is 111 Å². The number of hydrogen-bond donors (Lipinski definition) is 0. The van der Waals surface area contributed by atoms with Crippen molar-refractivity contribution in [3.63, 3.8) is 0 Å². The van der Waals surface area contributed by atoms with Crippen LogP contribution in [0.2, 0.25) is 0 Å². The van der Waals surface area contributed by atoms with Crippen LogP contribution in [-0.2, 0) is 5.54 Å². The van der Waals surface area contributed by atoms with Crippen LogP contribution in [0.5, 0.6) is 0 Å². The highest BCUT2D eigenvalue weighted by Gasteiger charge is 2.29. The van der Waals surface area contributed by atoms with E-state index in [0.717, 1.165) is 24.9 Å². The highest BCUT2D eigenvalue weighted by atomic mass is 16.2. The predicted octanol–water partition coefficient (Wildman–Crippen LogP) is 1.88. The molecule has 0 amide bonds. The summed E-state index contributed by atoms with van der Waals surface area (Å²) >= 11 is 0. The lowest BCUT2D eigenvalue weighted by Crippen LogP contribution is -2.39. The first-order valence-electron chi connectivity index (χ1n) is 6.49. The van der Waals surface area contributed by atoms with Crippen molar-refractivity contribution in [1.29, 1.82) is 0 Å². The monoisotopic (exact) mass is 256 g/mol. The molecule has 98 valence electrons. The molecule has 1 aromatic heterocycles. The average molecular weight is 256 g/mol.